The summed E-state index contributed by atoms with van der Waals surface area (Å²) in [4.78, 5) is 0. The average Bonchev–Trinajstić information content (AvgIpc) is 2.63. The first-order valence-electron chi connectivity index (χ1n) is 5.47. The minimum atomic E-state index is 0. The van der Waals surface area contributed by atoms with Crippen molar-refractivity contribution in [2.45, 2.75) is 32.8 Å². The molecule has 1 aromatic heterocycles. The van der Waals surface area contributed by atoms with Gasteiger partial charge in [0.05, 0.1) is 6.61 Å². The summed E-state index contributed by atoms with van der Waals surface area (Å²) in [5, 5.41) is 10.4. The predicted octanol–water partition coefficient (Wildman–Crippen LogP) is 3.69. The number of unbranched alkanes of at least 4 members (excludes halogenated alkanes) is 1. The molecule has 1 heterocycles. The van der Waals surface area contributed by atoms with Gasteiger partial charge in [0.15, 0.2) is 0 Å². The maximum absolute atomic E-state index is 9.34. The molecular formula is C13H17ClO2. The molecule has 0 unspecified atom stereocenters. The van der Waals surface area contributed by atoms with Crippen LogP contribution < -0.4 is 0 Å². The highest BCUT2D eigenvalue weighted by Gasteiger charge is 2.11. The second-order valence-corrected chi connectivity index (χ2v) is 3.76. The number of fused-ring (bicyclic) bond motifs is 1. The van der Waals surface area contributed by atoms with Crippen molar-refractivity contribution in [3.63, 3.8) is 0 Å². The van der Waals surface area contributed by atoms with Gasteiger partial charge in [-0.05, 0) is 12.5 Å². The summed E-state index contributed by atoms with van der Waals surface area (Å²) in [5.41, 5.74) is 1.84. The molecule has 0 spiro atoms. The van der Waals surface area contributed by atoms with Crippen molar-refractivity contribution in [1.29, 1.82) is 0 Å². The van der Waals surface area contributed by atoms with Gasteiger partial charge >= 0.3 is 0 Å². The van der Waals surface area contributed by atoms with Crippen molar-refractivity contribution >= 4 is 23.4 Å². The molecule has 0 amide bonds. The molecule has 0 saturated heterocycles. The minimum absolute atomic E-state index is 0. The Morgan fingerprint density at radius 2 is 2.00 bits per heavy atom. The maximum atomic E-state index is 9.34. The van der Waals surface area contributed by atoms with Crippen molar-refractivity contribution in [3.8, 4) is 0 Å². The Morgan fingerprint density at radius 3 is 2.69 bits per heavy atom. The van der Waals surface area contributed by atoms with Crippen LogP contribution in [0.5, 0.6) is 0 Å². The quantitative estimate of drug-likeness (QED) is 0.884. The van der Waals surface area contributed by atoms with Gasteiger partial charge in [0.25, 0.3) is 0 Å². The standard InChI is InChI=1S/C13H16O2.ClH/c1-2-3-7-13-11(9-14)10-6-4-5-8-12(10)15-13;/h4-6,8,14H,2-3,7,9H2,1H3;1H. The van der Waals surface area contributed by atoms with Gasteiger partial charge in [0.1, 0.15) is 11.3 Å². The summed E-state index contributed by atoms with van der Waals surface area (Å²) >= 11 is 0. The van der Waals surface area contributed by atoms with Crippen LogP contribution in [0, 0.1) is 0 Å². The van der Waals surface area contributed by atoms with Crippen molar-refractivity contribution in [3.05, 3.63) is 35.6 Å². The van der Waals surface area contributed by atoms with Crippen LogP contribution in [-0.4, -0.2) is 5.11 Å². The summed E-state index contributed by atoms with van der Waals surface area (Å²) < 4.78 is 5.73. The summed E-state index contributed by atoms with van der Waals surface area (Å²) in [6, 6.07) is 7.88. The Labute approximate surface area is 102 Å². The van der Waals surface area contributed by atoms with Crippen LogP contribution in [-0.2, 0) is 13.0 Å². The highest BCUT2D eigenvalue weighted by atomic mass is 35.5. The minimum Gasteiger partial charge on any atom is -0.461 e. The molecule has 88 valence electrons. The molecule has 2 nitrogen and oxygen atoms in total. The van der Waals surface area contributed by atoms with Gasteiger partial charge < -0.3 is 9.52 Å². The fourth-order valence-electron chi connectivity index (χ4n) is 1.86. The monoisotopic (exact) mass is 240 g/mol. The lowest BCUT2D eigenvalue weighted by molar-refractivity contribution is 0.279. The average molecular weight is 241 g/mol. The van der Waals surface area contributed by atoms with Gasteiger partial charge in [-0.25, -0.2) is 0 Å². The molecule has 0 radical (unpaired) electrons. The maximum Gasteiger partial charge on any atom is 0.134 e. The second kappa shape index (κ2) is 5.92. The van der Waals surface area contributed by atoms with Crippen LogP contribution in [0.4, 0.5) is 0 Å². The molecule has 0 aliphatic carbocycles. The number of aliphatic hydroxyl groups is 1. The van der Waals surface area contributed by atoms with Crippen molar-refractivity contribution in [2.75, 3.05) is 0 Å². The van der Waals surface area contributed by atoms with E-state index in [9.17, 15) is 5.11 Å². The van der Waals surface area contributed by atoms with Crippen LogP contribution in [0.25, 0.3) is 11.0 Å². The molecule has 2 aromatic rings. The molecule has 1 N–H and O–H groups in total. The molecule has 0 atom stereocenters. The molecular weight excluding hydrogens is 224 g/mol. The smallest absolute Gasteiger partial charge is 0.134 e. The number of halogens is 1. The highest BCUT2D eigenvalue weighted by molar-refractivity contribution is 5.85. The SMILES string of the molecule is CCCCc1oc2ccccc2c1CO.Cl. The molecule has 0 fully saturated rings. The molecule has 0 bridgehead atoms. The normalized spacial score (nSPS) is 10.4. The van der Waals surface area contributed by atoms with Crippen LogP contribution in [0.1, 0.15) is 31.1 Å². The fourth-order valence-corrected chi connectivity index (χ4v) is 1.86. The number of benzene rings is 1. The molecule has 1 aromatic carbocycles. The van der Waals surface area contributed by atoms with E-state index < -0.39 is 0 Å². The number of hydrogen-bond donors (Lipinski definition) is 1. The zero-order valence-corrected chi connectivity index (χ0v) is 10.2. The summed E-state index contributed by atoms with van der Waals surface area (Å²) in [6.07, 6.45) is 3.16. The Morgan fingerprint density at radius 1 is 1.25 bits per heavy atom. The van der Waals surface area contributed by atoms with E-state index in [1.807, 2.05) is 24.3 Å². The van der Waals surface area contributed by atoms with E-state index >= 15 is 0 Å². The van der Waals surface area contributed by atoms with Crippen LogP contribution in [0.15, 0.2) is 28.7 Å². The van der Waals surface area contributed by atoms with Gasteiger partial charge in [0, 0.05) is 17.4 Å². The molecule has 16 heavy (non-hydrogen) atoms. The molecule has 0 aliphatic rings. The number of rotatable bonds is 4. The fraction of sp³-hybridized carbons (Fsp3) is 0.385. The molecule has 0 saturated carbocycles. The van der Waals surface area contributed by atoms with Crippen molar-refractivity contribution in [2.24, 2.45) is 0 Å². The number of hydrogen-bond acceptors (Lipinski definition) is 2. The Kier molecular flexibility index (Phi) is 4.84. The van der Waals surface area contributed by atoms with Gasteiger partial charge in [-0.3, -0.25) is 0 Å². The number of aliphatic hydroxyl groups excluding tert-OH is 1. The zero-order valence-electron chi connectivity index (χ0n) is 9.40. The third-order valence-corrected chi connectivity index (χ3v) is 2.70. The number of para-hydroxylation sites is 1. The second-order valence-electron chi connectivity index (χ2n) is 3.76. The topological polar surface area (TPSA) is 33.4 Å². The lowest BCUT2D eigenvalue weighted by Gasteiger charge is -1.97. The van der Waals surface area contributed by atoms with Crippen LogP contribution >= 0.6 is 12.4 Å². The lowest BCUT2D eigenvalue weighted by atomic mass is 10.1. The first-order valence-corrected chi connectivity index (χ1v) is 5.47. The van der Waals surface area contributed by atoms with Gasteiger partial charge in [-0.2, -0.15) is 0 Å². The van der Waals surface area contributed by atoms with E-state index in [1.54, 1.807) is 0 Å². The third kappa shape index (κ3) is 2.39. The van der Waals surface area contributed by atoms with Gasteiger partial charge in [-0.15, -0.1) is 12.4 Å². The first-order chi connectivity index (χ1) is 7.36. The highest BCUT2D eigenvalue weighted by Crippen LogP contribution is 2.26. The van der Waals surface area contributed by atoms with E-state index in [2.05, 4.69) is 6.92 Å². The van der Waals surface area contributed by atoms with E-state index in [0.29, 0.717) is 0 Å². The Hall–Kier alpha value is -0.990. The predicted molar refractivity (Wildman–Crippen MR) is 68.0 cm³/mol. The van der Waals surface area contributed by atoms with Crippen LogP contribution in [0.3, 0.4) is 0 Å². The number of furan rings is 1. The van der Waals surface area contributed by atoms with Crippen molar-refractivity contribution in [1.82, 2.24) is 0 Å². The summed E-state index contributed by atoms with van der Waals surface area (Å²) in [7, 11) is 0. The van der Waals surface area contributed by atoms with E-state index in [4.69, 9.17) is 4.42 Å². The lowest BCUT2D eigenvalue weighted by Crippen LogP contribution is -1.89. The van der Waals surface area contributed by atoms with Gasteiger partial charge in [0.2, 0.25) is 0 Å². The van der Waals surface area contributed by atoms with E-state index in [-0.39, 0.29) is 19.0 Å². The van der Waals surface area contributed by atoms with E-state index in [1.165, 1.54) is 0 Å². The third-order valence-electron chi connectivity index (χ3n) is 2.70. The van der Waals surface area contributed by atoms with E-state index in [0.717, 1.165) is 41.6 Å². The van der Waals surface area contributed by atoms with Crippen molar-refractivity contribution < 1.29 is 9.52 Å². The molecule has 0 aliphatic heterocycles. The van der Waals surface area contributed by atoms with Crippen LogP contribution in [0.2, 0.25) is 0 Å². The zero-order chi connectivity index (χ0) is 10.7. The number of aryl methyl sites for hydroxylation is 1. The summed E-state index contributed by atoms with van der Waals surface area (Å²) in [5.74, 6) is 0.945. The largest absolute Gasteiger partial charge is 0.461 e. The molecule has 3 heteroatoms. The summed E-state index contributed by atoms with van der Waals surface area (Å²) in [6.45, 7) is 2.22. The molecule has 2 rings (SSSR count). The Balaban J connectivity index is 0.00000128. The van der Waals surface area contributed by atoms with Gasteiger partial charge in [-0.1, -0.05) is 31.5 Å². The first kappa shape index (κ1) is 13.1. The Bertz CT molecular complexity index is 448.